The second-order valence-corrected chi connectivity index (χ2v) is 6.48. The Morgan fingerprint density at radius 3 is 2.65 bits per heavy atom. The van der Waals surface area contributed by atoms with Crippen molar-refractivity contribution in [3.8, 4) is 0 Å². The van der Waals surface area contributed by atoms with Gasteiger partial charge in [-0.1, -0.05) is 11.6 Å². The number of benzene rings is 1. The Balaban J connectivity index is 2.78. The van der Waals surface area contributed by atoms with Crippen molar-refractivity contribution in [1.82, 2.24) is 9.55 Å². The van der Waals surface area contributed by atoms with Crippen LogP contribution in [-0.4, -0.2) is 23.3 Å². The van der Waals surface area contributed by atoms with Crippen molar-refractivity contribution >= 4 is 34.2 Å². The van der Waals surface area contributed by atoms with E-state index in [-0.39, 0.29) is 10.4 Å². The fraction of sp³-hybridized carbons (Fsp3) is 0.500. The Morgan fingerprint density at radius 1 is 1.45 bits per heavy atom. The molecule has 0 saturated heterocycles. The zero-order valence-corrected chi connectivity index (χ0v) is 13.4. The standard InChI is InChI=1S/C14H17Cl2FN2O/c1-8(15)13-18-11-5-9(16)10(17)6-12(11)19(13)14(2,3)7-20-4/h5-6,8H,7H2,1-4H3. The van der Waals surface area contributed by atoms with E-state index >= 15 is 0 Å². The van der Waals surface area contributed by atoms with E-state index in [1.54, 1.807) is 7.11 Å². The Morgan fingerprint density at radius 2 is 2.10 bits per heavy atom. The first-order valence-corrected chi connectivity index (χ1v) is 7.10. The maximum absolute atomic E-state index is 13.8. The van der Waals surface area contributed by atoms with Crippen molar-refractivity contribution in [2.24, 2.45) is 0 Å². The number of hydrogen-bond acceptors (Lipinski definition) is 2. The molecule has 1 heterocycles. The van der Waals surface area contributed by atoms with Crippen molar-refractivity contribution in [2.45, 2.75) is 31.7 Å². The molecule has 6 heteroatoms. The number of nitrogens with zero attached hydrogens (tertiary/aromatic N) is 2. The van der Waals surface area contributed by atoms with E-state index in [9.17, 15) is 4.39 Å². The van der Waals surface area contributed by atoms with Crippen molar-refractivity contribution in [2.75, 3.05) is 13.7 Å². The van der Waals surface area contributed by atoms with Crippen molar-refractivity contribution in [3.63, 3.8) is 0 Å². The molecule has 0 aliphatic carbocycles. The number of ether oxygens (including phenoxy) is 1. The highest BCUT2D eigenvalue weighted by atomic mass is 35.5. The van der Waals surface area contributed by atoms with E-state index in [2.05, 4.69) is 4.98 Å². The van der Waals surface area contributed by atoms with Crippen LogP contribution < -0.4 is 0 Å². The molecule has 2 aromatic rings. The molecule has 0 fully saturated rings. The summed E-state index contributed by atoms with van der Waals surface area (Å²) in [5, 5.41) is -0.249. The van der Waals surface area contributed by atoms with Gasteiger partial charge < -0.3 is 9.30 Å². The summed E-state index contributed by atoms with van der Waals surface area (Å²) in [5.74, 6) is 0.202. The van der Waals surface area contributed by atoms with Gasteiger partial charge in [0.1, 0.15) is 11.6 Å². The topological polar surface area (TPSA) is 27.1 Å². The molecule has 0 aliphatic rings. The fourth-order valence-corrected chi connectivity index (χ4v) is 2.72. The summed E-state index contributed by atoms with van der Waals surface area (Å²) in [4.78, 5) is 4.49. The third-order valence-electron chi connectivity index (χ3n) is 3.18. The molecule has 20 heavy (non-hydrogen) atoms. The van der Waals surface area contributed by atoms with Gasteiger partial charge in [0, 0.05) is 13.2 Å². The second-order valence-electron chi connectivity index (χ2n) is 5.42. The predicted molar refractivity (Wildman–Crippen MR) is 80.2 cm³/mol. The maximum Gasteiger partial charge on any atom is 0.144 e. The van der Waals surface area contributed by atoms with Gasteiger partial charge in [-0.05, 0) is 26.8 Å². The van der Waals surface area contributed by atoms with Gasteiger partial charge in [-0.3, -0.25) is 0 Å². The number of rotatable bonds is 4. The summed E-state index contributed by atoms with van der Waals surface area (Å²) < 4.78 is 21.0. The van der Waals surface area contributed by atoms with Gasteiger partial charge in [-0.25, -0.2) is 9.37 Å². The Kier molecular flexibility index (Phi) is 4.28. The number of fused-ring (bicyclic) bond motifs is 1. The molecule has 1 aromatic heterocycles. The summed E-state index contributed by atoms with van der Waals surface area (Å²) in [7, 11) is 1.63. The van der Waals surface area contributed by atoms with E-state index in [0.29, 0.717) is 23.5 Å². The lowest BCUT2D eigenvalue weighted by Crippen LogP contribution is -2.33. The van der Waals surface area contributed by atoms with Gasteiger partial charge in [0.05, 0.1) is 33.6 Å². The van der Waals surface area contributed by atoms with Crippen LogP contribution in [0.1, 0.15) is 32.0 Å². The first-order valence-electron chi connectivity index (χ1n) is 6.29. The van der Waals surface area contributed by atoms with Crippen LogP contribution in [0.2, 0.25) is 5.02 Å². The van der Waals surface area contributed by atoms with Crippen LogP contribution in [0.15, 0.2) is 12.1 Å². The number of imidazole rings is 1. The van der Waals surface area contributed by atoms with Gasteiger partial charge in [0.15, 0.2) is 0 Å². The van der Waals surface area contributed by atoms with Gasteiger partial charge >= 0.3 is 0 Å². The van der Waals surface area contributed by atoms with Crippen LogP contribution in [0.25, 0.3) is 11.0 Å². The number of halogens is 3. The lowest BCUT2D eigenvalue weighted by atomic mass is 10.1. The van der Waals surface area contributed by atoms with Crippen molar-refractivity contribution < 1.29 is 9.13 Å². The number of hydrogen-bond donors (Lipinski definition) is 0. The highest BCUT2D eigenvalue weighted by Crippen LogP contribution is 2.33. The monoisotopic (exact) mass is 318 g/mol. The first kappa shape index (κ1) is 15.5. The molecule has 0 amide bonds. The van der Waals surface area contributed by atoms with Crippen LogP contribution in [0.5, 0.6) is 0 Å². The molecule has 2 rings (SSSR count). The van der Waals surface area contributed by atoms with Crippen LogP contribution in [0, 0.1) is 5.82 Å². The third-order valence-corrected chi connectivity index (χ3v) is 3.67. The lowest BCUT2D eigenvalue weighted by molar-refractivity contribution is 0.110. The molecule has 0 radical (unpaired) electrons. The molecule has 110 valence electrons. The molecule has 0 spiro atoms. The lowest BCUT2D eigenvalue weighted by Gasteiger charge is -2.29. The Bertz CT molecular complexity index is 638. The smallest absolute Gasteiger partial charge is 0.144 e. The van der Waals surface area contributed by atoms with Gasteiger partial charge in [-0.15, -0.1) is 11.6 Å². The van der Waals surface area contributed by atoms with Crippen LogP contribution in [0.4, 0.5) is 4.39 Å². The minimum Gasteiger partial charge on any atom is -0.382 e. The number of aromatic nitrogens is 2. The largest absolute Gasteiger partial charge is 0.382 e. The van der Waals surface area contributed by atoms with Crippen LogP contribution in [0.3, 0.4) is 0 Å². The zero-order chi connectivity index (χ0) is 15.1. The summed E-state index contributed by atoms with van der Waals surface area (Å²) in [6, 6.07) is 2.92. The SMILES string of the molecule is COCC(C)(C)n1c(C(C)Cl)nc2cc(Cl)c(F)cc21. The van der Waals surface area contributed by atoms with Gasteiger partial charge in [0.25, 0.3) is 0 Å². The van der Waals surface area contributed by atoms with E-state index in [0.717, 1.165) is 0 Å². The van der Waals surface area contributed by atoms with Crippen LogP contribution >= 0.6 is 23.2 Å². The average Bonchev–Trinajstić information content (AvgIpc) is 2.69. The Labute approximate surface area is 127 Å². The predicted octanol–water partition coefficient (Wildman–Crippen LogP) is 4.51. The van der Waals surface area contributed by atoms with E-state index in [1.807, 2.05) is 25.3 Å². The third kappa shape index (κ3) is 2.65. The molecule has 0 saturated carbocycles. The molecule has 1 unspecified atom stereocenters. The van der Waals surface area contributed by atoms with E-state index in [4.69, 9.17) is 27.9 Å². The minimum atomic E-state index is -0.470. The molecule has 0 aliphatic heterocycles. The van der Waals surface area contributed by atoms with E-state index < -0.39 is 11.4 Å². The number of methoxy groups -OCH3 is 1. The molecule has 3 nitrogen and oxygen atoms in total. The zero-order valence-electron chi connectivity index (χ0n) is 11.9. The van der Waals surface area contributed by atoms with Crippen molar-refractivity contribution in [3.05, 3.63) is 28.8 Å². The molecule has 0 bridgehead atoms. The summed E-state index contributed by atoms with van der Waals surface area (Å²) >= 11 is 12.0. The van der Waals surface area contributed by atoms with Gasteiger partial charge in [0.2, 0.25) is 0 Å². The minimum absolute atomic E-state index is 0.0560. The summed E-state index contributed by atoms with van der Waals surface area (Å²) in [5.41, 5.74) is 0.891. The molecule has 0 N–H and O–H groups in total. The Hall–Kier alpha value is -0.840. The quantitative estimate of drug-likeness (QED) is 0.775. The molecule has 1 atom stereocenters. The van der Waals surface area contributed by atoms with Crippen LogP contribution in [-0.2, 0) is 10.3 Å². The average molecular weight is 319 g/mol. The second kappa shape index (κ2) is 5.51. The highest BCUT2D eigenvalue weighted by Gasteiger charge is 2.28. The molecular weight excluding hydrogens is 302 g/mol. The summed E-state index contributed by atoms with van der Waals surface area (Å²) in [6.45, 7) is 6.28. The van der Waals surface area contributed by atoms with E-state index in [1.165, 1.54) is 12.1 Å². The summed E-state index contributed by atoms with van der Waals surface area (Å²) in [6.07, 6.45) is 0. The first-order chi connectivity index (χ1) is 9.27. The normalized spacial score (nSPS) is 13.9. The molecule has 1 aromatic carbocycles. The van der Waals surface area contributed by atoms with Crippen molar-refractivity contribution in [1.29, 1.82) is 0 Å². The maximum atomic E-state index is 13.8. The van der Waals surface area contributed by atoms with Gasteiger partial charge in [-0.2, -0.15) is 0 Å². The number of alkyl halides is 1. The molecular formula is C14H17Cl2FN2O. The highest BCUT2D eigenvalue weighted by molar-refractivity contribution is 6.31. The fourth-order valence-electron chi connectivity index (χ4n) is 2.41.